The van der Waals surface area contributed by atoms with Crippen molar-refractivity contribution in [2.45, 2.75) is 45.1 Å². The van der Waals surface area contributed by atoms with E-state index < -0.39 is 0 Å². The lowest BCUT2D eigenvalue weighted by Gasteiger charge is -2.32. The maximum atomic E-state index is 4.70. The first-order valence-corrected chi connectivity index (χ1v) is 7.88. The molecule has 1 aromatic heterocycles. The van der Waals surface area contributed by atoms with Gasteiger partial charge in [0.05, 0.1) is 0 Å². The normalized spacial score (nSPS) is 19.1. The van der Waals surface area contributed by atoms with Gasteiger partial charge in [0.15, 0.2) is 0 Å². The molecule has 110 valence electrons. The minimum atomic E-state index is 0.345. The summed E-state index contributed by atoms with van der Waals surface area (Å²) in [5.74, 6) is 0.473. The van der Waals surface area contributed by atoms with Gasteiger partial charge in [-0.3, -0.25) is 4.98 Å². The fourth-order valence-electron chi connectivity index (χ4n) is 3.76. The second-order valence-corrected chi connectivity index (χ2v) is 6.23. The van der Waals surface area contributed by atoms with Crippen molar-refractivity contribution >= 4 is 0 Å². The summed E-state index contributed by atoms with van der Waals surface area (Å²) in [5, 5.41) is 3.54. The van der Waals surface area contributed by atoms with E-state index in [1.165, 1.54) is 47.2 Å². The van der Waals surface area contributed by atoms with Crippen molar-refractivity contribution in [3.05, 3.63) is 64.5 Å². The number of aromatic nitrogens is 1. The summed E-state index contributed by atoms with van der Waals surface area (Å²) in [5.41, 5.74) is 6.78. The van der Waals surface area contributed by atoms with Gasteiger partial charge in [0.25, 0.3) is 0 Å². The highest BCUT2D eigenvalue weighted by atomic mass is 14.9. The number of aryl methyl sites for hydroxylation is 3. The van der Waals surface area contributed by atoms with Crippen LogP contribution in [0, 0.1) is 13.8 Å². The molecule has 0 amide bonds. The van der Waals surface area contributed by atoms with Crippen molar-refractivity contribution in [2.24, 2.45) is 0 Å². The molecule has 0 spiro atoms. The second-order valence-electron chi connectivity index (χ2n) is 6.23. The van der Waals surface area contributed by atoms with Crippen LogP contribution in [0.4, 0.5) is 0 Å². The molecule has 0 saturated heterocycles. The fraction of sp³-hybridized carbons (Fsp3) is 0.421. The van der Waals surface area contributed by atoms with Crippen LogP contribution < -0.4 is 5.32 Å². The molecule has 2 atom stereocenters. The summed E-state index contributed by atoms with van der Waals surface area (Å²) in [6, 6.07) is 11.5. The van der Waals surface area contributed by atoms with Crippen LogP contribution in [0.3, 0.4) is 0 Å². The van der Waals surface area contributed by atoms with Crippen LogP contribution in [0.5, 0.6) is 0 Å². The number of nitrogens with one attached hydrogen (secondary N) is 1. The Morgan fingerprint density at radius 2 is 1.95 bits per heavy atom. The summed E-state index contributed by atoms with van der Waals surface area (Å²) in [7, 11) is 2.07. The Labute approximate surface area is 127 Å². The Kier molecular flexibility index (Phi) is 4.07. The average molecular weight is 280 g/mol. The van der Waals surface area contributed by atoms with Gasteiger partial charge in [0.2, 0.25) is 0 Å². The molecule has 21 heavy (non-hydrogen) atoms. The lowest BCUT2D eigenvalue weighted by atomic mass is 9.79. The van der Waals surface area contributed by atoms with E-state index >= 15 is 0 Å². The maximum Gasteiger partial charge on any atom is 0.0485 e. The minimum Gasteiger partial charge on any atom is -0.312 e. The van der Waals surface area contributed by atoms with E-state index in [1.807, 2.05) is 6.20 Å². The van der Waals surface area contributed by atoms with Crippen molar-refractivity contribution in [3.8, 4) is 0 Å². The summed E-state index contributed by atoms with van der Waals surface area (Å²) >= 11 is 0. The van der Waals surface area contributed by atoms with Crippen LogP contribution in [0.15, 0.2) is 36.5 Å². The third kappa shape index (κ3) is 2.86. The van der Waals surface area contributed by atoms with E-state index in [4.69, 9.17) is 4.98 Å². The van der Waals surface area contributed by atoms with Crippen molar-refractivity contribution in [1.82, 2.24) is 10.3 Å². The van der Waals surface area contributed by atoms with E-state index in [1.54, 1.807) is 0 Å². The molecule has 1 aromatic carbocycles. The highest BCUT2D eigenvalue weighted by Crippen LogP contribution is 2.39. The molecule has 0 fully saturated rings. The monoisotopic (exact) mass is 280 g/mol. The summed E-state index contributed by atoms with van der Waals surface area (Å²) in [4.78, 5) is 4.70. The van der Waals surface area contributed by atoms with Crippen molar-refractivity contribution in [2.75, 3.05) is 7.05 Å². The fourth-order valence-corrected chi connectivity index (χ4v) is 3.76. The Morgan fingerprint density at radius 1 is 1.19 bits per heavy atom. The first-order chi connectivity index (χ1) is 10.2. The Balaban J connectivity index is 2.01. The van der Waals surface area contributed by atoms with Gasteiger partial charge in [0, 0.05) is 23.9 Å². The van der Waals surface area contributed by atoms with Gasteiger partial charge in [-0.15, -0.1) is 0 Å². The Hall–Kier alpha value is -1.67. The molecule has 2 aromatic rings. The molecule has 0 aliphatic heterocycles. The van der Waals surface area contributed by atoms with E-state index in [0.717, 1.165) is 0 Å². The van der Waals surface area contributed by atoms with Gasteiger partial charge in [-0.2, -0.15) is 0 Å². The molecule has 0 saturated carbocycles. The van der Waals surface area contributed by atoms with Gasteiger partial charge in [-0.1, -0.05) is 35.4 Å². The SMILES string of the molecule is CNC(c1cc(C)cc(C)c1)C1CCCc2cccnc21. The largest absolute Gasteiger partial charge is 0.312 e. The van der Waals surface area contributed by atoms with Gasteiger partial charge in [-0.25, -0.2) is 0 Å². The summed E-state index contributed by atoms with van der Waals surface area (Å²) in [6.45, 7) is 4.35. The smallest absolute Gasteiger partial charge is 0.0485 e. The molecule has 1 aliphatic carbocycles. The highest BCUT2D eigenvalue weighted by molar-refractivity contribution is 5.35. The zero-order valence-corrected chi connectivity index (χ0v) is 13.2. The zero-order chi connectivity index (χ0) is 14.8. The molecular weight excluding hydrogens is 256 g/mol. The van der Waals surface area contributed by atoms with E-state index in [9.17, 15) is 0 Å². The number of fused-ring (bicyclic) bond motifs is 1. The minimum absolute atomic E-state index is 0.345. The number of nitrogens with zero attached hydrogens (tertiary/aromatic N) is 1. The first-order valence-electron chi connectivity index (χ1n) is 7.88. The highest BCUT2D eigenvalue weighted by Gasteiger charge is 2.29. The summed E-state index contributed by atoms with van der Waals surface area (Å²) < 4.78 is 0. The number of pyridine rings is 1. The molecule has 1 aliphatic rings. The molecule has 0 bridgehead atoms. The standard InChI is InChI=1S/C19H24N2/c1-13-10-14(2)12-16(11-13)18(20-3)17-8-4-6-15-7-5-9-21-19(15)17/h5,7,9-12,17-18,20H,4,6,8H2,1-3H3. The van der Waals surface area contributed by atoms with Crippen molar-refractivity contribution in [1.29, 1.82) is 0 Å². The number of hydrogen-bond acceptors (Lipinski definition) is 2. The van der Waals surface area contributed by atoms with E-state index in [-0.39, 0.29) is 0 Å². The predicted molar refractivity (Wildman–Crippen MR) is 87.6 cm³/mol. The van der Waals surface area contributed by atoms with E-state index in [2.05, 4.69) is 56.5 Å². The van der Waals surface area contributed by atoms with Crippen LogP contribution in [0.25, 0.3) is 0 Å². The van der Waals surface area contributed by atoms with Gasteiger partial charge >= 0.3 is 0 Å². The molecule has 2 heteroatoms. The first kappa shape index (κ1) is 14.3. The van der Waals surface area contributed by atoms with Crippen LogP contribution in [-0.4, -0.2) is 12.0 Å². The molecule has 2 nitrogen and oxygen atoms in total. The van der Waals surface area contributed by atoms with Gasteiger partial charge < -0.3 is 5.32 Å². The van der Waals surface area contributed by atoms with Crippen LogP contribution in [0.1, 0.15) is 52.7 Å². The second kappa shape index (κ2) is 5.98. The summed E-state index contributed by atoms with van der Waals surface area (Å²) in [6.07, 6.45) is 5.57. The Morgan fingerprint density at radius 3 is 2.67 bits per heavy atom. The number of likely N-dealkylation sites (N-methyl/N-ethyl adjacent to an activating group) is 1. The number of benzene rings is 1. The van der Waals surface area contributed by atoms with Crippen molar-refractivity contribution in [3.63, 3.8) is 0 Å². The maximum absolute atomic E-state index is 4.70. The lowest BCUT2D eigenvalue weighted by molar-refractivity contribution is 0.415. The topological polar surface area (TPSA) is 24.9 Å². The molecule has 3 rings (SSSR count). The molecule has 0 radical (unpaired) electrons. The zero-order valence-electron chi connectivity index (χ0n) is 13.2. The number of hydrogen-bond donors (Lipinski definition) is 1. The number of rotatable bonds is 3. The molecule has 1 N–H and O–H groups in total. The average Bonchev–Trinajstić information content (AvgIpc) is 2.47. The van der Waals surface area contributed by atoms with Gasteiger partial charge in [-0.05, 0) is 57.4 Å². The van der Waals surface area contributed by atoms with Crippen LogP contribution in [-0.2, 0) is 6.42 Å². The predicted octanol–water partition coefficient (Wildman–Crippen LogP) is 4.08. The van der Waals surface area contributed by atoms with Crippen molar-refractivity contribution < 1.29 is 0 Å². The lowest BCUT2D eigenvalue weighted by Crippen LogP contribution is -2.27. The molecular formula is C19H24N2. The third-order valence-electron chi connectivity index (χ3n) is 4.56. The molecule has 2 unspecified atom stereocenters. The Bertz CT molecular complexity index is 613. The quantitative estimate of drug-likeness (QED) is 0.916. The van der Waals surface area contributed by atoms with Crippen LogP contribution >= 0.6 is 0 Å². The van der Waals surface area contributed by atoms with Gasteiger partial charge in [0.1, 0.15) is 0 Å². The third-order valence-corrected chi connectivity index (χ3v) is 4.56. The molecule has 1 heterocycles. The van der Waals surface area contributed by atoms with Crippen LogP contribution in [0.2, 0.25) is 0 Å². The van der Waals surface area contributed by atoms with E-state index in [0.29, 0.717) is 12.0 Å².